The van der Waals surface area contributed by atoms with E-state index in [1.807, 2.05) is 24.3 Å². The molecular weight excluding hydrogens is 296 g/mol. The van der Waals surface area contributed by atoms with Crippen molar-refractivity contribution in [2.75, 3.05) is 5.32 Å². The minimum atomic E-state index is -0.240. The first-order chi connectivity index (χ1) is 10.7. The van der Waals surface area contributed by atoms with Crippen LogP contribution in [0.15, 0.2) is 34.7 Å². The van der Waals surface area contributed by atoms with Gasteiger partial charge in [-0.1, -0.05) is 25.1 Å². The lowest BCUT2D eigenvalue weighted by Gasteiger charge is -2.15. The Morgan fingerprint density at radius 3 is 3.14 bits per heavy atom. The summed E-state index contributed by atoms with van der Waals surface area (Å²) in [6.45, 7) is 2.26. The predicted molar refractivity (Wildman–Crippen MR) is 87.5 cm³/mol. The molecule has 2 aromatic heterocycles. The van der Waals surface area contributed by atoms with Crippen LogP contribution in [0, 0.1) is 5.92 Å². The molecule has 1 aliphatic carbocycles. The quantitative estimate of drug-likeness (QED) is 0.769. The van der Waals surface area contributed by atoms with Gasteiger partial charge in [0.25, 0.3) is 5.91 Å². The standard InChI is InChI=1S/C17H16N2O2S/c1-10-6-7-12-15(8-10)22-17(18-12)19-16(20)14-9-11-4-2-3-5-13(11)21-14/h2-5,9-10H,6-8H2,1H3,(H,18,19,20)/t10-/m1/s1. The first-order valence-corrected chi connectivity index (χ1v) is 8.29. The van der Waals surface area contributed by atoms with Gasteiger partial charge in [-0.25, -0.2) is 4.98 Å². The normalized spacial score (nSPS) is 17.4. The number of furan rings is 1. The summed E-state index contributed by atoms with van der Waals surface area (Å²) in [5, 5.41) is 4.47. The van der Waals surface area contributed by atoms with Crippen molar-refractivity contribution in [1.82, 2.24) is 4.98 Å². The number of carbonyl (C=O) groups is 1. The number of benzene rings is 1. The molecule has 1 amide bonds. The summed E-state index contributed by atoms with van der Waals surface area (Å²) in [6, 6.07) is 9.37. The number of thiazole rings is 1. The van der Waals surface area contributed by atoms with Crippen LogP contribution in [0.2, 0.25) is 0 Å². The molecule has 5 heteroatoms. The maximum atomic E-state index is 12.3. The second-order valence-corrected chi connectivity index (χ2v) is 6.92. The Kier molecular flexibility index (Phi) is 3.22. The van der Waals surface area contributed by atoms with E-state index in [2.05, 4.69) is 17.2 Å². The van der Waals surface area contributed by atoms with Gasteiger partial charge < -0.3 is 4.42 Å². The summed E-state index contributed by atoms with van der Waals surface area (Å²) in [5.74, 6) is 0.782. The highest BCUT2D eigenvalue weighted by atomic mass is 32.1. The van der Waals surface area contributed by atoms with Gasteiger partial charge in [0.15, 0.2) is 10.9 Å². The number of nitrogens with zero attached hydrogens (tertiary/aromatic N) is 1. The maximum Gasteiger partial charge on any atom is 0.293 e. The molecule has 0 spiro atoms. The molecule has 0 fully saturated rings. The van der Waals surface area contributed by atoms with Crippen LogP contribution in [-0.4, -0.2) is 10.9 Å². The van der Waals surface area contributed by atoms with E-state index in [-0.39, 0.29) is 5.91 Å². The van der Waals surface area contributed by atoms with Crippen molar-refractivity contribution in [3.63, 3.8) is 0 Å². The molecule has 1 atom stereocenters. The molecule has 1 aromatic carbocycles. The molecule has 1 aliphatic rings. The zero-order valence-electron chi connectivity index (χ0n) is 12.3. The number of aromatic nitrogens is 1. The van der Waals surface area contributed by atoms with Crippen molar-refractivity contribution in [3.8, 4) is 0 Å². The number of rotatable bonds is 2. The number of aryl methyl sites for hydroxylation is 1. The topological polar surface area (TPSA) is 55.1 Å². The Balaban J connectivity index is 1.56. The Labute approximate surface area is 132 Å². The SMILES string of the molecule is C[C@@H]1CCc2nc(NC(=O)c3cc4ccccc4o3)sc2C1. The molecule has 112 valence electrons. The van der Waals surface area contributed by atoms with E-state index in [0.717, 1.165) is 29.5 Å². The van der Waals surface area contributed by atoms with Crippen LogP contribution in [0.5, 0.6) is 0 Å². The summed E-state index contributed by atoms with van der Waals surface area (Å²) in [7, 11) is 0. The predicted octanol–water partition coefficient (Wildman–Crippen LogP) is 4.27. The first-order valence-electron chi connectivity index (χ1n) is 7.47. The highest BCUT2D eigenvalue weighted by Gasteiger charge is 2.21. The fourth-order valence-electron chi connectivity index (χ4n) is 2.85. The van der Waals surface area contributed by atoms with Crippen LogP contribution in [-0.2, 0) is 12.8 Å². The van der Waals surface area contributed by atoms with Crippen LogP contribution in [0.4, 0.5) is 5.13 Å². The highest BCUT2D eigenvalue weighted by Crippen LogP contribution is 2.32. The van der Waals surface area contributed by atoms with Crippen molar-refractivity contribution in [1.29, 1.82) is 0 Å². The Morgan fingerprint density at radius 1 is 1.41 bits per heavy atom. The number of fused-ring (bicyclic) bond motifs is 2. The van der Waals surface area contributed by atoms with Crippen LogP contribution in [0.3, 0.4) is 0 Å². The molecule has 1 N–H and O–H groups in total. The van der Waals surface area contributed by atoms with E-state index in [9.17, 15) is 4.79 Å². The monoisotopic (exact) mass is 312 g/mol. The maximum absolute atomic E-state index is 12.3. The molecule has 4 rings (SSSR count). The Hall–Kier alpha value is -2.14. The molecule has 2 heterocycles. The zero-order chi connectivity index (χ0) is 15.1. The van der Waals surface area contributed by atoms with Crippen molar-refractivity contribution < 1.29 is 9.21 Å². The zero-order valence-corrected chi connectivity index (χ0v) is 13.1. The van der Waals surface area contributed by atoms with E-state index in [4.69, 9.17) is 4.42 Å². The lowest BCUT2D eigenvalue weighted by atomic mass is 9.93. The Bertz CT molecular complexity index is 816. The number of hydrogen-bond donors (Lipinski definition) is 1. The minimum absolute atomic E-state index is 0.240. The van der Waals surface area contributed by atoms with Gasteiger partial charge >= 0.3 is 0 Å². The number of nitrogens with one attached hydrogen (secondary N) is 1. The van der Waals surface area contributed by atoms with E-state index in [1.165, 1.54) is 11.3 Å². The van der Waals surface area contributed by atoms with Gasteiger partial charge in [0, 0.05) is 10.3 Å². The van der Waals surface area contributed by atoms with Crippen molar-refractivity contribution in [2.45, 2.75) is 26.2 Å². The van der Waals surface area contributed by atoms with E-state index in [0.29, 0.717) is 16.8 Å². The van der Waals surface area contributed by atoms with Crippen molar-refractivity contribution in [3.05, 3.63) is 46.7 Å². The van der Waals surface area contributed by atoms with E-state index in [1.54, 1.807) is 17.4 Å². The lowest BCUT2D eigenvalue weighted by Crippen LogP contribution is -2.11. The van der Waals surface area contributed by atoms with Gasteiger partial charge in [-0.15, -0.1) is 11.3 Å². The molecular formula is C17H16N2O2S. The van der Waals surface area contributed by atoms with Crippen LogP contribution >= 0.6 is 11.3 Å². The Morgan fingerprint density at radius 2 is 2.27 bits per heavy atom. The van der Waals surface area contributed by atoms with Crippen LogP contribution in [0.25, 0.3) is 11.0 Å². The number of anilines is 1. The highest BCUT2D eigenvalue weighted by molar-refractivity contribution is 7.15. The molecule has 22 heavy (non-hydrogen) atoms. The van der Waals surface area contributed by atoms with Gasteiger partial charge in [0.2, 0.25) is 0 Å². The third-order valence-electron chi connectivity index (χ3n) is 4.06. The van der Waals surface area contributed by atoms with Gasteiger partial charge in [-0.05, 0) is 37.3 Å². The summed E-state index contributed by atoms with van der Waals surface area (Å²) in [6.07, 6.45) is 3.24. The second kappa shape index (κ2) is 5.25. The minimum Gasteiger partial charge on any atom is -0.451 e. The third-order valence-corrected chi connectivity index (χ3v) is 5.09. The van der Waals surface area contributed by atoms with Gasteiger partial charge in [0.1, 0.15) is 5.58 Å². The molecule has 0 bridgehead atoms. The smallest absolute Gasteiger partial charge is 0.293 e. The van der Waals surface area contributed by atoms with E-state index >= 15 is 0 Å². The fraction of sp³-hybridized carbons (Fsp3) is 0.294. The molecule has 0 unspecified atom stereocenters. The van der Waals surface area contributed by atoms with Crippen LogP contribution in [0.1, 0.15) is 34.5 Å². The molecule has 3 aromatic rings. The largest absolute Gasteiger partial charge is 0.451 e. The summed E-state index contributed by atoms with van der Waals surface area (Å²) in [4.78, 5) is 18.2. The fourth-order valence-corrected chi connectivity index (χ4v) is 4.01. The van der Waals surface area contributed by atoms with Crippen molar-refractivity contribution in [2.24, 2.45) is 5.92 Å². The van der Waals surface area contributed by atoms with Crippen LogP contribution < -0.4 is 5.32 Å². The number of amides is 1. The molecule has 0 saturated heterocycles. The summed E-state index contributed by atoms with van der Waals surface area (Å²) < 4.78 is 5.59. The van der Waals surface area contributed by atoms with E-state index < -0.39 is 0 Å². The lowest BCUT2D eigenvalue weighted by molar-refractivity contribution is 0.0998. The number of para-hydroxylation sites is 1. The third kappa shape index (κ3) is 2.41. The summed E-state index contributed by atoms with van der Waals surface area (Å²) in [5.41, 5.74) is 1.86. The molecule has 0 saturated carbocycles. The number of carbonyl (C=O) groups excluding carboxylic acids is 1. The number of hydrogen-bond acceptors (Lipinski definition) is 4. The van der Waals surface area contributed by atoms with Crippen molar-refractivity contribution >= 4 is 33.3 Å². The summed E-state index contributed by atoms with van der Waals surface area (Å²) >= 11 is 1.58. The average Bonchev–Trinajstić information content (AvgIpc) is 3.09. The van der Waals surface area contributed by atoms with Gasteiger partial charge in [-0.3, -0.25) is 10.1 Å². The first kappa shape index (κ1) is 13.5. The molecule has 0 radical (unpaired) electrons. The van der Waals surface area contributed by atoms with Gasteiger partial charge in [0.05, 0.1) is 5.69 Å². The molecule has 0 aliphatic heterocycles. The van der Waals surface area contributed by atoms with Gasteiger partial charge in [-0.2, -0.15) is 0 Å². The second-order valence-electron chi connectivity index (χ2n) is 5.84. The molecule has 4 nitrogen and oxygen atoms in total. The average molecular weight is 312 g/mol.